The van der Waals surface area contributed by atoms with Gasteiger partial charge >= 0.3 is 6.03 Å². The molecule has 0 unspecified atom stereocenters. The van der Waals surface area contributed by atoms with Crippen LogP contribution in [0.5, 0.6) is 0 Å². The predicted molar refractivity (Wildman–Crippen MR) is 73.2 cm³/mol. The van der Waals surface area contributed by atoms with E-state index in [4.69, 9.17) is 4.52 Å². The molecule has 2 aromatic rings. The van der Waals surface area contributed by atoms with Crippen LogP contribution in [0.2, 0.25) is 0 Å². The first-order valence-electron chi connectivity index (χ1n) is 6.48. The van der Waals surface area contributed by atoms with Crippen molar-refractivity contribution < 1.29 is 14.4 Å². The van der Waals surface area contributed by atoms with Crippen molar-refractivity contribution in [3.8, 4) is 11.3 Å². The van der Waals surface area contributed by atoms with Crippen LogP contribution in [-0.2, 0) is 0 Å². The predicted octanol–water partition coefficient (Wildman–Crippen LogP) is 1.94. The molecule has 2 heterocycles. The van der Waals surface area contributed by atoms with E-state index < -0.39 is 6.10 Å². The van der Waals surface area contributed by atoms with Crippen LogP contribution < -0.4 is 5.32 Å². The number of benzene rings is 1. The zero-order valence-electron chi connectivity index (χ0n) is 10.8. The van der Waals surface area contributed by atoms with E-state index in [0.717, 1.165) is 5.56 Å². The number of likely N-dealkylation sites (tertiary alicyclic amines) is 1. The fourth-order valence-electron chi connectivity index (χ4n) is 2.19. The van der Waals surface area contributed by atoms with Crippen LogP contribution in [0.1, 0.15) is 6.42 Å². The third kappa shape index (κ3) is 2.65. The zero-order chi connectivity index (χ0) is 13.9. The lowest BCUT2D eigenvalue weighted by molar-refractivity contribution is 0.176. The monoisotopic (exact) mass is 273 g/mol. The molecule has 0 saturated carbocycles. The minimum Gasteiger partial charge on any atom is -0.391 e. The van der Waals surface area contributed by atoms with Gasteiger partial charge in [0, 0.05) is 24.7 Å². The molecule has 1 aromatic carbocycles. The first kappa shape index (κ1) is 12.7. The number of nitrogens with one attached hydrogen (secondary N) is 1. The molecule has 2 amide bonds. The Morgan fingerprint density at radius 1 is 1.40 bits per heavy atom. The van der Waals surface area contributed by atoms with E-state index in [0.29, 0.717) is 31.1 Å². The molecule has 1 aliphatic rings. The van der Waals surface area contributed by atoms with Crippen LogP contribution in [0.15, 0.2) is 40.9 Å². The van der Waals surface area contributed by atoms with Gasteiger partial charge in [0.15, 0.2) is 11.6 Å². The molecule has 0 bridgehead atoms. The second kappa shape index (κ2) is 5.34. The smallest absolute Gasteiger partial charge is 0.323 e. The third-order valence-corrected chi connectivity index (χ3v) is 3.25. The van der Waals surface area contributed by atoms with Crippen LogP contribution >= 0.6 is 0 Å². The molecular weight excluding hydrogens is 258 g/mol. The van der Waals surface area contributed by atoms with Gasteiger partial charge < -0.3 is 14.5 Å². The van der Waals surface area contributed by atoms with Gasteiger partial charge in [0.05, 0.1) is 6.10 Å². The standard InChI is InChI=1S/C14H15N3O3/c18-11-6-7-17(9-11)14(19)15-13-8-12(20-16-13)10-4-2-1-3-5-10/h1-5,8,11,18H,6-7,9H2,(H,15,16,19)/t11-/m1/s1. The first-order chi connectivity index (χ1) is 9.72. The van der Waals surface area contributed by atoms with Crippen molar-refractivity contribution in [3.05, 3.63) is 36.4 Å². The summed E-state index contributed by atoms with van der Waals surface area (Å²) in [5, 5.41) is 15.9. The average Bonchev–Trinajstić information content (AvgIpc) is 3.09. The number of rotatable bonds is 2. The summed E-state index contributed by atoms with van der Waals surface area (Å²) in [6.45, 7) is 0.908. The third-order valence-electron chi connectivity index (χ3n) is 3.25. The molecule has 6 nitrogen and oxygen atoms in total. The van der Waals surface area contributed by atoms with E-state index in [9.17, 15) is 9.90 Å². The fraction of sp³-hybridized carbons (Fsp3) is 0.286. The van der Waals surface area contributed by atoms with Gasteiger partial charge in [-0.3, -0.25) is 5.32 Å². The SMILES string of the molecule is O=C(Nc1cc(-c2ccccc2)on1)N1CC[C@@H](O)C1. The highest BCUT2D eigenvalue weighted by atomic mass is 16.5. The lowest BCUT2D eigenvalue weighted by atomic mass is 10.2. The summed E-state index contributed by atoms with van der Waals surface area (Å²) in [6.07, 6.45) is 0.180. The lowest BCUT2D eigenvalue weighted by Crippen LogP contribution is -2.33. The summed E-state index contributed by atoms with van der Waals surface area (Å²) in [4.78, 5) is 13.5. The quantitative estimate of drug-likeness (QED) is 0.876. The van der Waals surface area contributed by atoms with Gasteiger partial charge in [0.2, 0.25) is 0 Å². The molecule has 1 atom stereocenters. The number of aromatic nitrogens is 1. The molecule has 2 N–H and O–H groups in total. The Morgan fingerprint density at radius 2 is 2.20 bits per heavy atom. The maximum absolute atomic E-state index is 11.9. The van der Waals surface area contributed by atoms with Crippen LogP contribution in [0.25, 0.3) is 11.3 Å². The summed E-state index contributed by atoms with van der Waals surface area (Å²) in [7, 11) is 0. The molecule has 1 saturated heterocycles. The summed E-state index contributed by atoms with van der Waals surface area (Å²) in [6, 6.07) is 10.9. The molecular formula is C14H15N3O3. The van der Waals surface area contributed by atoms with Gasteiger partial charge in [-0.05, 0) is 6.42 Å². The van der Waals surface area contributed by atoms with Gasteiger partial charge in [0.1, 0.15) is 0 Å². The van der Waals surface area contributed by atoms with Crippen molar-refractivity contribution in [3.63, 3.8) is 0 Å². The Labute approximate surface area is 116 Å². The van der Waals surface area contributed by atoms with Crippen molar-refractivity contribution in [2.45, 2.75) is 12.5 Å². The average molecular weight is 273 g/mol. The number of aliphatic hydroxyl groups excluding tert-OH is 1. The molecule has 3 rings (SSSR count). The minimum atomic E-state index is -0.432. The highest BCUT2D eigenvalue weighted by molar-refractivity contribution is 5.89. The van der Waals surface area contributed by atoms with E-state index in [1.807, 2.05) is 30.3 Å². The lowest BCUT2D eigenvalue weighted by Gasteiger charge is -2.14. The maximum atomic E-state index is 11.9. The number of urea groups is 1. The van der Waals surface area contributed by atoms with E-state index in [1.165, 1.54) is 0 Å². The molecule has 1 aliphatic heterocycles. The number of aliphatic hydroxyl groups is 1. The fourth-order valence-corrected chi connectivity index (χ4v) is 2.19. The highest BCUT2D eigenvalue weighted by Gasteiger charge is 2.25. The minimum absolute atomic E-state index is 0.269. The molecule has 0 aliphatic carbocycles. The molecule has 0 spiro atoms. The van der Waals surface area contributed by atoms with Crippen molar-refractivity contribution in [1.29, 1.82) is 0 Å². The molecule has 1 fully saturated rings. The summed E-state index contributed by atoms with van der Waals surface area (Å²) in [5.41, 5.74) is 0.900. The highest BCUT2D eigenvalue weighted by Crippen LogP contribution is 2.22. The number of carbonyl (C=O) groups excluding carboxylic acids is 1. The Kier molecular flexibility index (Phi) is 3.39. The molecule has 20 heavy (non-hydrogen) atoms. The summed E-state index contributed by atoms with van der Waals surface area (Å²) in [5.74, 6) is 0.970. The topological polar surface area (TPSA) is 78.6 Å². The number of nitrogens with zero attached hydrogens (tertiary/aromatic N) is 2. The Balaban J connectivity index is 1.67. The van der Waals surface area contributed by atoms with E-state index >= 15 is 0 Å². The number of hydrogen-bond donors (Lipinski definition) is 2. The van der Waals surface area contributed by atoms with Gasteiger partial charge in [-0.2, -0.15) is 0 Å². The van der Waals surface area contributed by atoms with E-state index in [2.05, 4.69) is 10.5 Å². The number of amides is 2. The van der Waals surface area contributed by atoms with Gasteiger partial charge in [-0.15, -0.1) is 0 Å². The Morgan fingerprint density at radius 3 is 2.90 bits per heavy atom. The van der Waals surface area contributed by atoms with E-state index in [1.54, 1.807) is 11.0 Å². The number of carbonyl (C=O) groups is 1. The largest absolute Gasteiger partial charge is 0.391 e. The summed E-state index contributed by atoms with van der Waals surface area (Å²) >= 11 is 0. The molecule has 1 aromatic heterocycles. The normalized spacial score (nSPS) is 18.2. The zero-order valence-corrected chi connectivity index (χ0v) is 10.8. The van der Waals surface area contributed by atoms with Crippen LogP contribution in [0.4, 0.5) is 10.6 Å². The van der Waals surface area contributed by atoms with Gasteiger partial charge in [0.25, 0.3) is 0 Å². The molecule has 6 heteroatoms. The van der Waals surface area contributed by atoms with Crippen LogP contribution in [-0.4, -0.2) is 40.4 Å². The van der Waals surface area contributed by atoms with Crippen molar-refractivity contribution in [1.82, 2.24) is 10.1 Å². The second-order valence-corrected chi connectivity index (χ2v) is 4.76. The maximum Gasteiger partial charge on any atom is 0.323 e. The van der Waals surface area contributed by atoms with Gasteiger partial charge in [-0.1, -0.05) is 35.5 Å². The number of anilines is 1. The van der Waals surface area contributed by atoms with E-state index in [-0.39, 0.29) is 6.03 Å². The van der Waals surface area contributed by atoms with Crippen LogP contribution in [0.3, 0.4) is 0 Å². The Hall–Kier alpha value is -2.34. The van der Waals surface area contributed by atoms with Crippen LogP contribution in [0, 0.1) is 0 Å². The Bertz CT molecular complexity index is 597. The van der Waals surface area contributed by atoms with Crippen molar-refractivity contribution in [2.24, 2.45) is 0 Å². The molecule has 0 radical (unpaired) electrons. The van der Waals surface area contributed by atoms with Gasteiger partial charge in [-0.25, -0.2) is 4.79 Å². The first-order valence-corrected chi connectivity index (χ1v) is 6.48. The van der Waals surface area contributed by atoms with Crippen molar-refractivity contribution >= 4 is 11.8 Å². The number of β-amino-alcohol motifs (C(OH)–C–C–N with tert-alkyl or cyclic N) is 1. The number of hydrogen-bond acceptors (Lipinski definition) is 4. The van der Waals surface area contributed by atoms with Crippen molar-refractivity contribution in [2.75, 3.05) is 18.4 Å². The second-order valence-electron chi connectivity index (χ2n) is 4.76. The molecule has 104 valence electrons. The summed E-state index contributed by atoms with van der Waals surface area (Å²) < 4.78 is 5.20.